The van der Waals surface area contributed by atoms with Gasteiger partial charge in [-0.2, -0.15) is 0 Å². The number of nitrogens with one attached hydrogen (secondary N) is 1. The molecule has 6 rings (SSSR count). The second-order valence-electron chi connectivity index (χ2n) is 9.57. The molecule has 1 amide bonds. The Bertz CT molecular complexity index is 1850. The third-order valence-electron chi connectivity index (χ3n) is 6.98. The van der Waals surface area contributed by atoms with Crippen LogP contribution in [0.4, 0.5) is 5.13 Å². The largest absolute Gasteiger partial charge is 0.494 e. The number of carbonyl (C=O) groups excluding carboxylic acids is 4. The molecule has 1 aliphatic rings. The second kappa shape index (κ2) is 11.4. The third-order valence-corrected chi connectivity index (χ3v) is 7.92. The quantitative estimate of drug-likeness (QED) is 0.0951. The first-order valence-corrected chi connectivity index (χ1v) is 14.1. The van der Waals surface area contributed by atoms with Crippen molar-refractivity contribution in [2.75, 3.05) is 11.9 Å². The van der Waals surface area contributed by atoms with Crippen LogP contribution < -0.4 is 10.1 Å². The van der Waals surface area contributed by atoms with Gasteiger partial charge < -0.3 is 9.47 Å². The number of hydrogen-bond donors (Lipinski definition) is 1. The van der Waals surface area contributed by atoms with Gasteiger partial charge in [0.05, 0.1) is 22.4 Å². The van der Waals surface area contributed by atoms with Gasteiger partial charge in [-0.3, -0.25) is 19.7 Å². The van der Waals surface area contributed by atoms with Crippen molar-refractivity contribution in [3.8, 4) is 16.9 Å². The number of cyclic esters (lactones) is 1. The molecule has 0 saturated heterocycles. The number of aromatic nitrogens is 1. The molecule has 1 aliphatic heterocycles. The Morgan fingerprint density at radius 3 is 2.43 bits per heavy atom. The van der Waals surface area contributed by atoms with Crippen molar-refractivity contribution in [2.45, 2.75) is 13.0 Å². The molecule has 0 saturated carbocycles. The number of Topliss-reactive ketones (excluding diaryl/α,β-unsaturated/α-hetero) is 2. The molecule has 0 fully saturated rings. The number of thiazole rings is 1. The number of benzene rings is 4. The number of fused-ring (bicyclic) bond motifs is 2. The van der Waals surface area contributed by atoms with Gasteiger partial charge in [0.25, 0.3) is 5.91 Å². The number of esters is 1. The van der Waals surface area contributed by atoms with Crippen molar-refractivity contribution in [2.24, 2.45) is 5.92 Å². The number of amides is 1. The molecule has 0 aliphatic carbocycles. The summed E-state index contributed by atoms with van der Waals surface area (Å²) >= 11 is 1.17. The molecule has 4 aromatic carbocycles. The molecule has 0 unspecified atom stereocenters. The van der Waals surface area contributed by atoms with Crippen molar-refractivity contribution in [1.82, 2.24) is 4.98 Å². The molecule has 208 valence electrons. The molecule has 0 bridgehead atoms. The molecule has 42 heavy (non-hydrogen) atoms. The number of ether oxygens (including phenoxy) is 2. The normalized spacial score (nSPS) is 14.6. The molecule has 2 heterocycles. The fourth-order valence-electron chi connectivity index (χ4n) is 5.06. The van der Waals surface area contributed by atoms with Gasteiger partial charge in [-0.25, -0.2) is 9.78 Å². The van der Waals surface area contributed by atoms with E-state index in [1.807, 2.05) is 37.3 Å². The zero-order valence-electron chi connectivity index (χ0n) is 22.4. The second-order valence-corrected chi connectivity index (χ2v) is 10.6. The number of ketones is 2. The Hall–Kier alpha value is -5.15. The summed E-state index contributed by atoms with van der Waals surface area (Å²) < 4.78 is 11.9. The van der Waals surface area contributed by atoms with Gasteiger partial charge >= 0.3 is 5.97 Å². The van der Waals surface area contributed by atoms with Crippen LogP contribution >= 0.6 is 11.3 Å². The van der Waals surface area contributed by atoms with Gasteiger partial charge in [0.2, 0.25) is 5.78 Å². The molecule has 8 nitrogen and oxygen atoms in total. The molecule has 9 heteroatoms. The standard InChI is InChI=1S/C33H24N2O6S/c1-2-40-20-16-17-25-26(18-20)42-33(34-25)35-31(38)29(37)27(30-23-14-8-9-15-24(23)32(39)41-30)28(36)22-13-7-6-12-21(22)19-10-4-3-5-11-19/h3-18,27,30H,2H2,1H3,(H,34,35,38)/t27-,30-/m0/s1. The van der Waals surface area contributed by atoms with Crippen LogP contribution in [0, 0.1) is 5.92 Å². The SMILES string of the molecule is CCOc1ccc2nc(NC(=O)C(=O)[C@H](C(=O)c3ccccc3-c3ccccc3)[C@H]3OC(=O)c4ccccc43)sc2c1. The Kier molecular flexibility index (Phi) is 7.33. The van der Waals surface area contributed by atoms with Crippen LogP contribution in [-0.2, 0) is 14.3 Å². The first-order valence-electron chi connectivity index (χ1n) is 13.3. The van der Waals surface area contributed by atoms with Gasteiger partial charge in [-0.1, -0.05) is 84.1 Å². The maximum atomic E-state index is 14.3. The monoisotopic (exact) mass is 576 g/mol. The van der Waals surface area contributed by atoms with Crippen LogP contribution in [0.25, 0.3) is 21.3 Å². The average molecular weight is 577 g/mol. The smallest absolute Gasteiger partial charge is 0.339 e. The van der Waals surface area contributed by atoms with Crippen LogP contribution in [0.2, 0.25) is 0 Å². The highest BCUT2D eigenvalue weighted by atomic mass is 32.1. The van der Waals surface area contributed by atoms with Crippen LogP contribution in [0.1, 0.15) is 39.3 Å². The lowest BCUT2D eigenvalue weighted by atomic mass is 9.82. The van der Waals surface area contributed by atoms with Gasteiger partial charge in [-0.05, 0) is 42.3 Å². The molecule has 0 spiro atoms. The minimum absolute atomic E-state index is 0.191. The minimum Gasteiger partial charge on any atom is -0.494 e. The lowest BCUT2D eigenvalue weighted by Crippen LogP contribution is -2.38. The van der Waals surface area contributed by atoms with Crippen molar-refractivity contribution in [1.29, 1.82) is 0 Å². The highest BCUT2D eigenvalue weighted by molar-refractivity contribution is 7.22. The van der Waals surface area contributed by atoms with E-state index in [9.17, 15) is 19.2 Å². The van der Waals surface area contributed by atoms with Gasteiger partial charge in [-0.15, -0.1) is 0 Å². The summed E-state index contributed by atoms with van der Waals surface area (Å²) in [6.45, 7) is 2.38. The summed E-state index contributed by atoms with van der Waals surface area (Å²) in [5, 5.41) is 2.75. The van der Waals surface area contributed by atoms with E-state index in [0.717, 1.165) is 10.3 Å². The zero-order valence-corrected chi connectivity index (χ0v) is 23.2. The molecule has 1 aromatic heterocycles. The zero-order chi connectivity index (χ0) is 29.2. The van der Waals surface area contributed by atoms with Crippen LogP contribution in [-0.4, -0.2) is 35.0 Å². The summed E-state index contributed by atoms with van der Waals surface area (Å²) in [7, 11) is 0. The number of anilines is 1. The van der Waals surface area contributed by atoms with Crippen LogP contribution in [0.3, 0.4) is 0 Å². The van der Waals surface area contributed by atoms with Crippen LogP contribution in [0.15, 0.2) is 97.1 Å². The predicted octanol–water partition coefficient (Wildman–Crippen LogP) is 6.28. The Balaban J connectivity index is 1.37. The summed E-state index contributed by atoms with van der Waals surface area (Å²) in [6.07, 6.45) is -1.27. The highest BCUT2D eigenvalue weighted by Gasteiger charge is 2.46. The Morgan fingerprint density at radius 2 is 1.64 bits per heavy atom. The minimum atomic E-state index is -1.62. The first kappa shape index (κ1) is 27.0. The topological polar surface area (TPSA) is 112 Å². The predicted molar refractivity (Wildman–Crippen MR) is 159 cm³/mol. The number of nitrogens with zero attached hydrogens (tertiary/aromatic N) is 1. The van der Waals surface area contributed by atoms with Crippen molar-refractivity contribution in [3.05, 3.63) is 114 Å². The molecule has 5 aromatic rings. The van der Waals surface area contributed by atoms with E-state index in [2.05, 4.69) is 10.3 Å². The Labute approximate surface area is 244 Å². The summed E-state index contributed by atoms with van der Waals surface area (Å²) in [5.41, 5.74) is 2.84. The fourth-order valence-corrected chi connectivity index (χ4v) is 5.95. The average Bonchev–Trinajstić information content (AvgIpc) is 3.57. The lowest BCUT2D eigenvalue weighted by molar-refractivity contribution is -0.138. The number of carbonyl (C=O) groups is 4. The van der Waals surface area contributed by atoms with Crippen molar-refractivity contribution >= 4 is 50.1 Å². The third kappa shape index (κ3) is 5.06. The molecular formula is C33H24N2O6S. The highest BCUT2D eigenvalue weighted by Crippen LogP contribution is 2.39. The molecule has 0 radical (unpaired) electrons. The molecule has 1 N–H and O–H groups in total. The van der Waals surface area contributed by atoms with Gasteiger partial charge in [0, 0.05) is 11.1 Å². The summed E-state index contributed by atoms with van der Waals surface area (Å²) in [6, 6.07) is 28.0. The summed E-state index contributed by atoms with van der Waals surface area (Å²) in [4.78, 5) is 58.7. The Morgan fingerprint density at radius 1 is 0.929 bits per heavy atom. The van der Waals surface area contributed by atoms with E-state index >= 15 is 0 Å². The van der Waals surface area contributed by atoms with E-state index < -0.39 is 35.5 Å². The fraction of sp³-hybridized carbons (Fsp3) is 0.121. The van der Waals surface area contributed by atoms with Crippen LogP contribution in [0.5, 0.6) is 5.75 Å². The van der Waals surface area contributed by atoms with E-state index in [-0.39, 0.29) is 16.3 Å². The maximum absolute atomic E-state index is 14.3. The lowest BCUT2D eigenvalue weighted by Gasteiger charge is -2.22. The van der Waals surface area contributed by atoms with Crippen molar-refractivity contribution < 1.29 is 28.7 Å². The summed E-state index contributed by atoms with van der Waals surface area (Å²) in [5.74, 6) is -4.32. The van der Waals surface area contributed by atoms with E-state index in [1.165, 1.54) is 11.3 Å². The van der Waals surface area contributed by atoms with E-state index in [4.69, 9.17) is 9.47 Å². The number of hydrogen-bond acceptors (Lipinski definition) is 8. The van der Waals surface area contributed by atoms with E-state index in [1.54, 1.807) is 66.7 Å². The number of rotatable bonds is 9. The van der Waals surface area contributed by atoms with E-state index in [0.29, 0.717) is 29.0 Å². The molecular weight excluding hydrogens is 552 g/mol. The van der Waals surface area contributed by atoms with Gasteiger partial charge in [0.15, 0.2) is 10.9 Å². The van der Waals surface area contributed by atoms with Gasteiger partial charge in [0.1, 0.15) is 17.8 Å². The van der Waals surface area contributed by atoms with Crippen molar-refractivity contribution in [3.63, 3.8) is 0 Å². The first-order chi connectivity index (χ1) is 20.4. The molecule has 2 atom stereocenters. The maximum Gasteiger partial charge on any atom is 0.339 e.